The molecule has 1 aromatic rings. The summed E-state index contributed by atoms with van der Waals surface area (Å²) in [6.07, 6.45) is 1.81. The molecule has 0 aliphatic carbocycles. The Morgan fingerprint density at radius 2 is 2.14 bits per heavy atom. The molecule has 1 amide bonds. The third kappa shape index (κ3) is 3.36. The smallest absolute Gasteiger partial charge is 0.221 e. The van der Waals surface area contributed by atoms with Gasteiger partial charge in [-0.15, -0.1) is 0 Å². The Kier molecular flexibility index (Phi) is 5.20. The molecular formula is C16H25N3O2. The van der Waals surface area contributed by atoms with Crippen molar-refractivity contribution < 1.29 is 9.53 Å². The minimum absolute atomic E-state index is 0.0401. The molecule has 0 bridgehead atoms. The lowest BCUT2D eigenvalue weighted by atomic mass is 9.90. The fourth-order valence-corrected chi connectivity index (χ4v) is 3.18. The third-order valence-electron chi connectivity index (χ3n) is 4.45. The minimum atomic E-state index is -0.220. The van der Waals surface area contributed by atoms with Crippen LogP contribution in [0.3, 0.4) is 0 Å². The molecule has 0 saturated carbocycles. The van der Waals surface area contributed by atoms with E-state index in [4.69, 9.17) is 16.2 Å². The van der Waals surface area contributed by atoms with Crippen molar-refractivity contribution >= 4 is 5.91 Å². The summed E-state index contributed by atoms with van der Waals surface area (Å²) in [5.41, 5.74) is 12.6. The Balaban J connectivity index is 2.28. The van der Waals surface area contributed by atoms with Crippen LogP contribution in [0.5, 0.6) is 5.75 Å². The second kappa shape index (κ2) is 6.91. The number of hydrogen-bond acceptors (Lipinski definition) is 4. The average molecular weight is 291 g/mol. The molecule has 5 nitrogen and oxygen atoms in total. The van der Waals surface area contributed by atoms with Crippen molar-refractivity contribution in [2.24, 2.45) is 17.4 Å². The molecule has 1 fully saturated rings. The zero-order valence-corrected chi connectivity index (χ0v) is 12.8. The number of rotatable bonds is 5. The molecule has 5 heteroatoms. The van der Waals surface area contributed by atoms with E-state index < -0.39 is 0 Å². The zero-order chi connectivity index (χ0) is 15.4. The van der Waals surface area contributed by atoms with E-state index in [9.17, 15) is 4.79 Å². The summed E-state index contributed by atoms with van der Waals surface area (Å²) >= 11 is 0. The normalized spacial score (nSPS) is 24.5. The predicted molar refractivity (Wildman–Crippen MR) is 82.9 cm³/mol. The molecule has 1 heterocycles. The van der Waals surface area contributed by atoms with E-state index in [-0.39, 0.29) is 17.9 Å². The van der Waals surface area contributed by atoms with E-state index in [0.717, 1.165) is 24.2 Å². The van der Waals surface area contributed by atoms with E-state index >= 15 is 0 Å². The van der Waals surface area contributed by atoms with Crippen LogP contribution in [0, 0.1) is 5.92 Å². The van der Waals surface area contributed by atoms with Crippen molar-refractivity contribution in [1.29, 1.82) is 0 Å². The van der Waals surface area contributed by atoms with E-state index in [1.54, 1.807) is 7.11 Å². The van der Waals surface area contributed by atoms with Gasteiger partial charge in [-0.05, 0) is 25.8 Å². The summed E-state index contributed by atoms with van der Waals surface area (Å²) in [5.74, 6) is 0.522. The summed E-state index contributed by atoms with van der Waals surface area (Å²) < 4.78 is 5.45. The van der Waals surface area contributed by atoms with Crippen LogP contribution in [0.1, 0.15) is 31.4 Å². The molecule has 1 aliphatic heterocycles. The summed E-state index contributed by atoms with van der Waals surface area (Å²) in [6, 6.07) is 8.33. The topological polar surface area (TPSA) is 81.6 Å². The van der Waals surface area contributed by atoms with Crippen molar-refractivity contribution in [3.63, 3.8) is 0 Å². The number of methoxy groups -OCH3 is 1. The van der Waals surface area contributed by atoms with E-state index in [0.29, 0.717) is 19.1 Å². The molecule has 1 saturated heterocycles. The van der Waals surface area contributed by atoms with E-state index in [1.165, 1.54) is 0 Å². The molecular weight excluding hydrogens is 266 g/mol. The number of para-hydroxylation sites is 1. The Hall–Kier alpha value is -1.59. The highest BCUT2D eigenvalue weighted by atomic mass is 16.5. The molecule has 116 valence electrons. The van der Waals surface area contributed by atoms with Gasteiger partial charge in [0.15, 0.2) is 0 Å². The lowest BCUT2D eigenvalue weighted by molar-refractivity contribution is -0.124. The second-order valence-electron chi connectivity index (χ2n) is 5.72. The lowest BCUT2D eigenvalue weighted by Crippen LogP contribution is -2.49. The van der Waals surface area contributed by atoms with Crippen LogP contribution in [0.2, 0.25) is 0 Å². The number of ether oxygens (including phenoxy) is 1. The summed E-state index contributed by atoms with van der Waals surface area (Å²) in [7, 11) is 1.66. The highest BCUT2D eigenvalue weighted by Crippen LogP contribution is 2.34. The van der Waals surface area contributed by atoms with Gasteiger partial charge in [-0.2, -0.15) is 0 Å². The van der Waals surface area contributed by atoms with Gasteiger partial charge in [-0.25, -0.2) is 0 Å². The molecule has 1 aromatic carbocycles. The number of nitrogens with zero attached hydrogens (tertiary/aromatic N) is 1. The highest BCUT2D eigenvalue weighted by Gasteiger charge is 2.34. The monoisotopic (exact) mass is 291 g/mol. The Labute approximate surface area is 126 Å². The van der Waals surface area contributed by atoms with Gasteiger partial charge in [0, 0.05) is 24.7 Å². The van der Waals surface area contributed by atoms with Crippen molar-refractivity contribution in [2.75, 3.05) is 20.2 Å². The SMILES string of the molecule is COc1ccccc1C(CN)N1CC(C(N)=O)CCC1C. The van der Waals surface area contributed by atoms with Crippen LogP contribution >= 0.6 is 0 Å². The van der Waals surface area contributed by atoms with E-state index in [1.807, 2.05) is 24.3 Å². The maximum Gasteiger partial charge on any atom is 0.221 e. The summed E-state index contributed by atoms with van der Waals surface area (Å²) in [4.78, 5) is 13.8. The number of carbonyl (C=O) groups is 1. The first-order chi connectivity index (χ1) is 10.1. The standard InChI is InChI=1S/C16H25N3O2/c1-11-7-8-12(16(18)20)10-19(11)14(9-17)13-5-3-4-6-15(13)21-2/h3-6,11-12,14H,7-10,17H2,1-2H3,(H2,18,20). The number of likely N-dealkylation sites (tertiary alicyclic amines) is 1. The van der Waals surface area contributed by atoms with Gasteiger partial charge < -0.3 is 16.2 Å². The van der Waals surface area contributed by atoms with Crippen LogP contribution in [0.4, 0.5) is 0 Å². The van der Waals surface area contributed by atoms with Gasteiger partial charge in [0.25, 0.3) is 0 Å². The van der Waals surface area contributed by atoms with Gasteiger partial charge in [0.2, 0.25) is 5.91 Å². The summed E-state index contributed by atoms with van der Waals surface area (Å²) in [5, 5.41) is 0. The largest absolute Gasteiger partial charge is 0.496 e. The molecule has 4 N–H and O–H groups in total. The van der Waals surface area contributed by atoms with E-state index in [2.05, 4.69) is 11.8 Å². The molecule has 2 rings (SSSR count). The Bertz CT molecular complexity index is 492. The quantitative estimate of drug-likeness (QED) is 0.856. The first-order valence-electron chi connectivity index (χ1n) is 7.46. The molecule has 0 radical (unpaired) electrons. The Morgan fingerprint density at radius 1 is 1.43 bits per heavy atom. The molecule has 3 unspecified atom stereocenters. The molecule has 1 aliphatic rings. The molecule has 0 aromatic heterocycles. The third-order valence-corrected chi connectivity index (χ3v) is 4.45. The van der Waals surface area contributed by atoms with Crippen molar-refractivity contribution in [3.05, 3.63) is 29.8 Å². The first-order valence-corrected chi connectivity index (χ1v) is 7.46. The van der Waals surface area contributed by atoms with Crippen molar-refractivity contribution in [2.45, 2.75) is 31.8 Å². The maximum absolute atomic E-state index is 11.5. The molecule has 0 spiro atoms. The Morgan fingerprint density at radius 3 is 2.76 bits per heavy atom. The van der Waals surface area contributed by atoms with Crippen molar-refractivity contribution in [1.82, 2.24) is 4.90 Å². The van der Waals surface area contributed by atoms with Crippen LogP contribution < -0.4 is 16.2 Å². The second-order valence-corrected chi connectivity index (χ2v) is 5.72. The molecule has 21 heavy (non-hydrogen) atoms. The highest BCUT2D eigenvalue weighted by molar-refractivity contribution is 5.77. The van der Waals surface area contributed by atoms with Gasteiger partial charge in [0.1, 0.15) is 5.75 Å². The van der Waals surface area contributed by atoms with Crippen LogP contribution in [-0.4, -0.2) is 37.0 Å². The number of amides is 1. The number of benzene rings is 1. The number of nitrogens with two attached hydrogens (primary N) is 2. The fourth-order valence-electron chi connectivity index (χ4n) is 3.18. The number of primary amides is 1. The number of carbonyl (C=O) groups excluding carboxylic acids is 1. The number of piperidine rings is 1. The first kappa shape index (κ1) is 15.8. The maximum atomic E-state index is 11.5. The summed E-state index contributed by atoms with van der Waals surface area (Å²) in [6.45, 7) is 3.32. The fraction of sp³-hybridized carbons (Fsp3) is 0.562. The van der Waals surface area contributed by atoms with Crippen molar-refractivity contribution in [3.8, 4) is 5.75 Å². The van der Waals surface area contributed by atoms with Gasteiger partial charge in [-0.3, -0.25) is 9.69 Å². The zero-order valence-electron chi connectivity index (χ0n) is 12.8. The van der Waals surface area contributed by atoms with Crippen LogP contribution in [0.25, 0.3) is 0 Å². The minimum Gasteiger partial charge on any atom is -0.496 e. The predicted octanol–water partition coefficient (Wildman–Crippen LogP) is 1.28. The molecule has 3 atom stereocenters. The average Bonchev–Trinajstić information content (AvgIpc) is 2.50. The van der Waals surface area contributed by atoms with Gasteiger partial charge in [-0.1, -0.05) is 18.2 Å². The van der Waals surface area contributed by atoms with Gasteiger partial charge in [0.05, 0.1) is 19.1 Å². The van der Waals surface area contributed by atoms with Crippen LogP contribution in [-0.2, 0) is 4.79 Å². The van der Waals surface area contributed by atoms with Gasteiger partial charge >= 0.3 is 0 Å². The van der Waals surface area contributed by atoms with Crippen LogP contribution in [0.15, 0.2) is 24.3 Å². The lowest BCUT2D eigenvalue weighted by Gasteiger charge is -2.42. The number of hydrogen-bond donors (Lipinski definition) is 2.